The minimum Gasteiger partial charge on any atom is -0.378 e. The first-order valence-corrected chi connectivity index (χ1v) is 4.84. The SMILES string of the molecule is Cn1nnnc1CC(=O)N1CCOCC1. The summed E-state index contributed by atoms with van der Waals surface area (Å²) in [6.45, 7) is 2.54. The molecule has 7 heteroatoms. The van der Waals surface area contributed by atoms with Crippen molar-refractivity contribution in [2.75, 3.05) is 26.3 Å². The smallest absolute Gasteiger partial charge is 0.230 e. The van der Waals surface area contributed by atoms with Crippen LogP contribution in [0.1, 0.15) is 5.82 Å². The van der Waals surface area contributed by atoms with Gasteiger partial charge in [0, 0.05) is 20.1 Å². The predicted molar refractivity (Wildman–Crippen MR) is 49.9 cm³/mol. The number of carbonyl (C=O) groups is 1. The molecule has 0 saturated carbocycles. The van der Waals surface area contributed by atoms with Gasteiger partial charge >= 0.3 is 0 Å². The minimum atomic E-state index is 0.0520. The van der Waals surface area contributed by atoms with Crippen molar-refractivity contribution < 1.29 is 9.53 Å². The largest absolute Gasteiger partial charge is 0.378 e. The Kier molecular flexibility index (Phi) is 2.91. The second-order valence-corrected chi connectivity index (χ2v) is 3.39. The Balaban J connectivity index is 1.94. The van der Waals surface area contributed by atoms with Crippen molar-refractivity contribution in [3.63, 3.8) is 0 Å². The van der Waals surface area contributed by atoms with Crippen molar-refractivity contribution >= 4 is 5.91 Å². The average Bonchev–Trinajstić information content (AvgIpc) is 2.66. The van der Waals surface area contributed by atoms with Gasteiger partial charge in [-0.15, -0.1) is 5.10 Å². The molecular weight excluding hydrogens is 198 g/mol. The van der Waals surface area contributed by atoms with Gasteiger partial charge in [0.1, 0.15) is 0 Å². The van der Waals surface area contributed by atoms with Crippen molar-refractivity contribution in [2.45, 2.75) is 6.42 Å². The topological polar surface area (TPSA) is 73.1 Å². The van der Waals surface area contributed by atoms with Crippen molar-refractivity contribution in [3.05, 3.63) is 5.82 Å². The van der Waals surface area contributed by atoms with Crippen LogP contribution in [0.2, 0.25) is 0 Å². The molecule has 0 atom stereocenters. The molecule has 0 N–H and O–H groups in total. The van der Waals surface area contributed by atoms with Crippen LogP contribution in [0.4, 0.5) is 0 Å². The molecular formula is C8H13N5O2. The summed E-state index contributed by atoms with van der Waals surface area (Å²) < 4.78 is 6.68. The van der Waals surface area contributed by atoms with Crippen LogP contribution in [0.15, 0.2) is 0 Å². The first kappa shape index (κ1) is 10.0. The molecule has 0 radical (unpaired) electrons. The van der Waals surface area contributed by atoms with E-state index in [4.69, 9.17) is 4.74 Å². The van der Waals surface area contributed by atoms with Crippen molar-refractivity contribution in [1.29, 1.82) is 0 Å². The van der Waals surface area contributed by atoms with Gasteiger partial charge in [0.2, 0.25) is 5.91 Å². The van der Waals surface area contributed by atoms with E-state index in [0.29, 0.717) is 32.1 Å². The Labute approximate surface area is 87.0 Å². The highest BCUT2D eigenvalue weighted by Crippen LogP contribution is 2.01. The lowest BCUT2D eigenvalue weighted by atomic mass is 10.3. The number of amides is 1. The zero-order valence-corrected chi connectivity index (χ0v) is 8.59. The van der Waals surface area contributed by atoms with E-state index < -0.39 is 0 Å². The van der Waals surface area contributed by atoms with Gasteiger partial charge in [-0.2, -0.15) is 0 Å². The molecule has 0 aromatic carbocycles. The third-order valence-electron chi connectivity index (χ3n) is 2.38. The number of aromatic nitrogens is 4. The number of aryl methyl sites for hydroxylation is 1. The highest BCUT2D eigenvalue weighted by atomic mass is 16.5. The molecule has 1 aliphatic rings. The first-order chi connectivity index (χ1) is 7.27. The molecule has 15 heavy (non-hydrogen) atoms. The van der Waals surface area contributed by atoms with Gasteiger partial charge in [-0.05, 0) is 10.4 Å². The molecule has 0 unspecified atom stereocenters. The molecule has 0 bridgehead atoms. The molecule has 1 aliphatic heterocycles. The van der Waals surface area contributed by atoms with Crippen molar-refractivity contribution in [1.82, 2.24) is 25.1 Å². The Morgan fingerprint density at radius 3 is 2.80 bits per heavy atom. The zero-order chi connectivity index (χ0) is 10.7. The summed E-state index contributed by atoms with van der Waals surface area (Å²) in [7, 11) is 1.72. The number of hydrogen-bond donors (Lipinski definition) is 0. The molecule has 2 rings (SSSR count). The quantitative estimate of drug-likeness (QED) is 0.602. The summed E-state index contributed by atoms with van der Waals surface area (Å²) in [6, 6.07) is 0. The second-order valence-electron chi connectivity index (χ2n) is 3.39. The fourth-order valence-corrected chi connectivity index (χ4v) is 1.46. The van der Waals surface area contributed by atoms with Crippen LogP contribution in [0.5, 0.6) is 0 Å². The number of morpholine rings is 1. The van der Waals surface area contributed by atoms with Crippen LogP contribution >= 0.6 is 0 Å². The maximum absolute atomic E-state index is 11.8. The number of tetrazole rings is 1. The Morgan fingerprint density at radius 2 is 2.20 bits per heavy atom. The van der Waals surface area contributed by atoms with Crippen molar-refractivity contribution in [2.24, 2.45) is 7.05 Å². The van der Waals surface area contributed by atoms with Crippen LogP contribution < -0.4 is 0 Å². The van der Waals surface area contributed by atoms with Crippen LogP contribution in [0.3, 0.4) is 0 Å². The van der Waals surface area contributed by atoms with E-state index in [0.717, 1.165) is 0 Å². The standard InChI is InChI=1S/C8H13N5O2/c1-12-7(9-10-11-12)6-8(14)13-2-4-15-5-3-13/h2-6H2,1H3. The van der Waals surface area contributed by atoms with Gasteiger partial charge in [-0.1, -0.05) is 0 Å². The average molecular weight is 211 g/mol. The summed E-state index contributed by atoms with van der Waals surface area (Å²) in [5, 5.41) is 10.9. The van der Waals surface area contributed by atoms with Crippen LogP contribution in [0.25, 0.3) is 0 Å². The van der Waals surface area contributed by atoms with Gasteiger partial charge in [-0.3, -0.25) is 4.79 Å². The number of hydrogen-bond acceptors (Lipinski definition) is 5. The molecule has 2 heterocycles. The van der Waals surface area contributed by atoms with Gasteiger partial charge in [-0.25, -0.2) is 4.68 Å². The lowest BCUT2D eigenvalue weighted by Crippen LogP contribution is -2.41. The molecule has 1 amide bonds. The van der Waals surface area contributed by atoms with E-state index in [1.807, 2.05) is 0 Å². The zero-order valence-electron chi connectivity index (χ0n) is 8.59. The van der Waals surface area contributed by atoms with Crippen LogP contribution in [0, 0.1) is 0 Å². The molecule has 7 nitrogen and oxygen atoms in total. The monoisotopic (exact) mass is 211 g/mol. The van der Waals surface area contributed by atoms with Crippen LogP contribution in [-0.4, -0.2) is 57.3 Å². The normalized spacial score (nSPS) is 16.7. The Bertz CT molecular complexity index is 345. The van der Waals surface area contributed by atoms with Gasteiger partial charge in [0.15, 0.2) is 5.82 Å². The molecule has 0 aliphatic carbocycles. The maximum Gasteiger partial charge on any atom is 0.230 e. The summed E-state index contributed by atoms with van der Waals surface area (Å²) in [5.41, 5.74) is 0. The molecule has 1 aromatic rings. The van der Waals surface area contributed by atoms with Crippen LogP contribution in [-0.2, 0) is 23.0 Å². The number of ether oxygens (including phenoxy) is 1. The molecule has 0 spiro atoms. The van der Waals surface area contributed by atoms with Gasteiger partial charge in [0.05, 0.1) is 19.6 Å². The summed E-state index contributed by atoms with van der Waals surface area (Å²) >= 11 is 0. The maximum atomic E-state index is 11.8. The summed E-state index contributed by atoms with van der Waals surface area (Å²) in [6.07, 6.45) is 0.253. The third kappa shape index (κ3) is 2.30. The fraction of sp³-hybridized carbons (Fsp3) is 0.750. The Hall–Kier alpha value is -1.50. The number of carbonyl (C=O) groups excluding carboxylic acids is 1. The molecule has 82 valence electrons. The third-order valence-corrected chi connectivity index (χ3v) is 2.38. The highest BCUT2D eigenvalue weighted by Gasteiger charge is 2.18. The summed E-state index contributed by atoms with van der Waals surface area (Å²) in [5.74, 6) is 0.641. The lowest BCUT2D eigenvalue weighted by molar-refractivity contribution is -0.134. The van der Waals surface area contributed by atoms with Gasteiger partial charge < -0.3 is 9.64 Å². The number of rotatable bonds is 2. The van der Waals surface area contributed by atoms with Crippen molar-refractivity contribution in [3.8, 4) is 0 Å². The van der Waals surface area contributed by atoms with E-state index >= 15 is 0 Å². The van der Waals surface area contributed by atoms with E-state index in [2.05, 4.69) is 15.5 Å². The molecule has 1 fully saturated rings. The second kappa shape index (κ2) is 4.35. The fourth-order valence-electron chi connectivity index (χ4n) is 1.46. The predicted octanol–water partition coefficient (Wildman–Crippen LogP) is -1.39. The van der Waals surface area contributed by atoms with Gasteiger partial charge in [0.25, 0.3) is 0 Å². The van der Waals surface area contributed by atoms with E-state index in [9.17, 15) is 4.79 Å². The lowest BCUT2D eigenvalue weighted by Gasteiger charge is -2.26. The number of nitrogens with zero attached hydrogens (tertiary/aromatic N) is 5. The minimum absolute atomic E-state index is 0.0520. The highest BCUT2D eigenvalue weighted by molar-refractivity contribution is 5.78. The first-order valence-electron chi connectivity index (χ1n) is 4.84. The van der Waals surface area contributed by atoms with E-state index in [1.54, 1.807) is 11.9 Å². The molecule has 1 aromatic heterocycles. The Morgan fingerprint density at radius 1 is 1.47 bits per heavy atom. The summed E-state index contributed by atoms with van der Waals surface area (Å²) in [4.78, 5) is 13.6. The van der Waals surface area contributed by atoms with E-state index in [1.165, 1.54) is 4.68 Å². The molecule has 1 saturated heterocycles. The van der Waals surface area contributed by atoms with E-state index in [-0.39, 0.29) is 12.3 Å².